The van der Waals surface area contributed by atoms with Crippen LogP contribution in [-0.2, 0) is 11.2 Å². The lowest BCUT2D eigenvalue weighted by molar-refractivity contribution is -0.121. The molecule has 2 N–H and O–H groups in total. The number of nitrogens with one attached hydrogen (secondary N) is 2. The van der Waals surface area contributed by atoms with Gasteiger partial charge in [0.15, 0.2) is 0 Å². The minimum Gasteiger partial charge on any atom is -0.273 e. The molecule has 0 spiro atoms. The van der Waals surface area contributed by atoms with Crippen LogP contribution in [0.25, 0.3) is 0 Å². The lowest BCUT2D eigenvalue weighted by atomic mass is 10.2. The first-order chi connectivity index (χ1) is 9.66. The predicted molar refractivity (Wildman–Crippen MR) is 79.7 cm³/mol. The van der Waals surface area contributed by atoms with E-state index in [4.69, 9.17) is 11.6 Å². The summed E-state index contributed by atoms with van der Waals surface area (Å²) >= 11 is 7.49. The molecule has 2 amide bonds. The first-order valence-electron chi connectivity index (χ1n) is 6.03. The average molecular weight is 309 g/mol. The molecule has 0 saturated carbocycles. The van der Waals surface area contributed by atoms with Crippen LogP contribution in [0, 0.1) is 0 Å². The number of hydrogen-bond acceptors (Lipinski definition) is 3. The zero-order chi connectivity index (χ0) is 14.4. The van der Waals surface area contributed by atoms with Crippen molar-refractivity contribution in [3.63, 3.8) is 0 Å². The van der Waals surface area contributed by atoms with Gasteiger partial charge in [-0.2, -0.15) is 0 Å². The molecule has 0 saturated heterocycles. The molecule has 1 heterocycles. The Morgan fingerprint density at radius 3 is 2.60 bits per heavy atom. The van der Waals surface area contributed by atoms with Gasteiger partial charge in [-0.25, -0.2) is 0 Å². The number of amides is 2. The molecule has 2 aromatic rings. The molecule has 0 aliphatic carbocycles. The Balaban J connectivity index is 1.78. The number of carbonyl (C=O) groups excluding carboxylic acids is 2. The number of aryl methyl sites for hydroxylation is 1. The van der Waals surface area contributed by atoms with Crippen LogP contribution in [0.2, 0.25) is 5.02 Å². The molecule has 6 heteroatoms. The maximum Gasteiger partial charge on any atom is 0.271 e. The molecular formula is C14H13ClN2O2S. The van der Waals surface area contributed by atoms with Gasteiger partial charge in [-0.1, -0.05) is 29.8 Å². The van der Waals surface area contributed by atoms with Crippen molar-refractivity contribution in [2.75, 3.05) is 0 Å². The van der Waals surface area contributed by atoms with Crippen LogP contribution in [0.4, 0.5) is 0 Å². The molecule has 1 aromatic heterocycles. The first-order valence-corrected chi connectivity index (χ1v) is 7.28. The van der Waals surface area contributed by atoms with Gasteiger partial charge in [0.25, 0.3) is 5.91 Å². The quantitative estimate of drug-likeness (QED) is 0.853. The second-order valence-corrected chi connectivity index (χ2v) is 5.50. The van der Waals surface area contributed by atoms with Crippen LogP contribution < -0.4 is 10.9 Å². The number of carbonyl (C=O) groups is 2. The lowest BCUT2D eigenvalue weighted by Crippen LogP contribution is -2.41. The van der Waals surface area contributed by atoms with Crippen LogP contribution in [0.3, 0.4) is 0 Å². The Bertz CT molecular complexity index is 599. The number of halogens is 1. The zero-order valence-corrected chi connectivity index (χ0v) is 12.1. The highest BCUT2D eigenvalue weighted by Gasteiger charge is 2.10. The molecule has 0 fully saturated rings. The topological polar surface area (TPSA) is 58.2 Å². The Morgan fingerprint density at radius 2 is 1.90 bits per heavy atom. The molecule has 0 bridgehead atoms. The van der Waals surface area contributed by atoms with Gasteiger partial charge in [0.2, 0.25) is 5.91 Å². The molecule has 20 heavy (non-hydrogen) atoms. The second-order valence-electron chi connectivity index (χ2n) is 4.06. The van der Waals surface area contributed by atoms with Crippen molar-refractivity contribution in [2.24, 2.45) is 0 Å². The Hall–Kier alpha value is -1.85. The van der Waals surface area contributed by atoms with E-state index in [9.17, 15) is 9.59 Å². The summed E-state index contributed by atoms with van der Waals surface area (Å²) in [6.45, 7) is 0. The lowest BCUT2D eigenvalue weighted by Gasteiger charge is -2.08. The fourth-order valence-corrected chi connectivity index (χ4v) is 2.52. The standard InChI is InChI=1S/C14H13ClN2O2S/c15-12-6-2-1-5-11(12)14(19)17-16-13(18)8-7-10-4-3-9-20-10/h1-6,9H,7-8H2,(H,16,18)(H,17,19). The van der Waals surface area contributed by atoms with E-state index in [1.807, 2.05) is 17.5 Å². The van der Waals surface area contributed by atoms with Crippen LogP contribution >= 0.6 is 22.9 Å². The van der Waals surface area contributed by atoms with Crippen LogP contribution in [0.1, 0.15) is 21.7 Å². The third kappa shape index (κ3) is 4.08. The fourth-order valence-electron chi connectivity index (χ4n) is 1.59. The van der Waals surface area contributed by atoms with Gasteiger partial charge in [-0.05, 0) is 30.0 Å². The van der Waals surface area contributed by atoms with Crippen molar-refractivity contribution in [3.05, 3.63) is 57.2 Å². The number of hydrazine groups is 1. The van der Waals surface area contributed by atoms with Gasteiger partial charge < -0.3 is 0 Å². The van der Waals surface area contributed by atoms with E-state index < -0.39 is 5.91 Å². The third-order valence-corrected chi connectivity index (χ3v) is 3.88. The zero-order valence-electron chi connectivity index (χ0n) is 10.6. The van der Waals surface area contributed by atoms with Gasteiger partial charge in [-0.3, -0.25) is 20.4 Å². The normalized spacial score (nSPS) is 10.1. The third-order valence-electron chi connectivity index (χ3n) is 2.61. The summed E-state index contributed by atoms with van der Waals surface area (Å²) in [4.78, 5) is 24.5. The van der Waals surface area contributed by atoms with E-state index in [2.05, 4.69) is 10.9 Å². The highest BCUT2D eigenvalue weighted by atomic mass is 35.5. The summed E-state index contributed by atoms with van der Waals surface area (Å²) in [7, 11) is 0. The molecule has 0 radical (unpaired) electrons. The molecule has 0 aliphatic rings. The van der Waals surface area contributed by atoms with Crippen molar-refractivity contribution in [1.29, 1.82) is 0 Å². The van der Waals surface area contributed by atoms with E-state index in [0.29, 0.717) is 23.4 Å². The molecule has 0 atom stereocenters. The molecule has 104 valence electrons. The molecule has 2 rings (SSSR count). The number of hydrogen-bond donors (Lipinski definition) is 2. The summed E-state index contributed by atoms with van der Waals surface area (Å²) in [6.07, 6.45) is 0.981. The molecule has 1 aromatic carbocycles. The van der Waals surface area contributed by atoms with Crippen molar-refractivity contribution in [2.45, 2.75) is 12.8 Å². The van der Waals surface area contributed by atoms with Crippen molar-refractivity contribution in [1.82, 2.24) is 10.9 Å². The van der Waals surface area contributed by atoms with Crippen LogP contribution in [0.15, 0.2) is 41.8 Å². The summed E-state index contributed by atoms with van der Waals surface area (Å²) in [5.74, 6) is -0.668. The van der Waals surface area contributed by atoms with Crippen LogP contribution in [-0.4, -0.2) is 11.8 Å². The first kappa shape index (κ1) is 14.6. The Kier molecular flexibility index (Phi) is 5.15. The number of rotatable bonds is 4. The minimum absolute atomic E-state index is 0.237. The molecule has 0 unspecified atom stereocenters. The van der Waals surface area contributed by atoms with Gasteiger partial charge >= 0.3 is 0 Å². The van der Waals surface area contributed by atoms with E-state index in [0.717, 1.165) is 4.88 Å². The van der Waals surface area contributed by atoms with Crippen LogP contribution in [0.5, 0.6) is 0 Å². The van der Waals surface area contributed by atoms with Gasteiger partial charge in [0, 0.05) is 11.3 Å². The SMILES string of the molecule is O=C(CCc1cccs1)NNC(=O)c1ccccc1Cl. The highest BCUT2D eigenvalue weighted by Crippen LogP contribution is 2.14. The predicted octanol–water partition coefficient (Wildman–Crippen LogP) is 2.80. The summed E-state index contributed by atoms with van der Waals surface area (Å²) in [5, 5.41) is 2.31. The summed E-state index contributed by atoms with van der Waals surface area (Å²) in [5.41, 5.74) is 5.05. The largest absolute Gasteiger partial charge is 0.273 e. The Labute approximate surface area is 125 Å². The maximum absolute atomic E-state index is 11.8. The van der Waals surface area contributed by atoms with E-state index >= 15 is 0 Å². The van der Waals surface area contributed by atoms with Gasteiger partial charge in [0.1, 0.15) is 0 Å². The van der Waals surface area contributed by atoms with E-state index in [1.165, 1.54) is 0 Å². The summed E-state index contributed by atoms with van der Waals surface area (Å²) < 4.78 is 0. The Morgan fingerprint density at radius 1 is 1.10 bits per heavy atom. The van der Waals surface area contributed by atoms with Gasteiger partial charge in [-0.15, -0.1) is 11.3 Å². The summed E-state index contributed by atoms with van der Waals surface area (Å²) in [6, 6.07) is 10.6. The molecular weight excluding hydrogens is 296 g/mol. The van der Waals surface area contributed by atoms with E-state index in [-0.39, 0.29) is 5.91 Å². The van der Waals surface area contributed by atoms with Crippen molar-refractivity contribution in [3.8, 4) is 0 Å². The highest BCUT2D eigenvalue weighted by molar-refractivity contribution is 7.09. The second kappa shape index (κ2) is 7.07. The van der Waals surface area contributed by atoms with Gasteiger partial charge in [0.05, 0.1) is 10.6 Å². The van der Waals surface area contributed by atoms with E-state index in [1.54, 1.807) is 35.6 Å². The van der Waals surface area contributed by atoms with Crippen molar-refractivity contribution < 1.29 is 9.59 Å². The smallest absolute Gasteiger partial charge is 0.271 e. The maximum atomic E-state index is 11.8. The fraction of sp³-hybridized carbons (Fsp3) is 0.143. The number of benzene rings is 1. The molecule has 4 nitrogen and oxygen atoms in total. The minimum atomic E-state index is -0.430. The monoisotopic (exact) mass is 308 g/mol. The molecule has 0 aliphatic heterocycles. The number of thiophene rings is 1. The average Bonchev–Trinajstić information content (AvgIpc) is 2.96. The van der Waals surface area contributed by atoms with Crippen molar-refractivity contribution >= 4 is 34.8 Å².